The van der Waals surface area contributed by atoms with E-state index in [9.17, 15) is 9.59 Å². The summed E-state index contributed by atoms with van der Waals surface area (Å²) in [6.07, 6.45) is 3.79. The number of benzene rings is 2. The van der Waals surface area contributed by atoms with E-state index in [1.54, 1.807) is 0 Å². The Hall–Kier alpha value is -3.18. The Kier molecular flexibility index (Phi) is 13.1. The second-order valence-electron chi connectivity index (χ2n) is 17.7. The number of hydrogen-bond donors (Lipinski definition) is 4. The maximum Gasteiger partial charge on any atom is 0.198 e. The summed E-state index contributed by atoms with van der Waals surface area (Å²) in [5.74, 6) is -0.208. The van der Waals surface area contributed by atoms with Crippen LogP contribution in [0.15, 0.2) is 24.3 Å². The van der Waals surface area contributed by atoms with Crippen molar-refractivity contribution in [3.63, 3.8) is 0 Å². The SMILES string of the molecule is C[N+](C)(C)CCCNc1ccc(NCCC[N+](C)(C)C)c2c1C(=O)c1c(NCCC[N+](C)(C)C)ccc(NCCC[N+](C)(C)C)c1C2=O. The predicted molar refractivity (Wildman–Crippen MR) is 204 cm³/mol. The molecule has 10 heteroatoms. The van der Waals surface area contributed by atoms with Crippen LogP contribution in [0.1, 0.15) is 57.5 Å². The lowest BCUT2D eigenvalue weighted by molar-refractivity contribution is -0.870. The van der Waals surface area contributed by atoms with Gasteiger partial charge in [0.05, 0.1) is 133 Å². The molecule has 48 heavy (non-hydrogen) atoms. The largest absolute Gasteiger partial charge is 0.384 e. The van der Waals surface area contributed by atoms with E-state index >= 15 is 0 Å². The molecule has 0 aliphatic heterocycles. The van der Waals surface area contributed by atoms with E-state index in [0.29, 0.717) is 22.3 Å². The highest BCUT2D eigenvalue weighted by Crippen LogP contribution is 2.42. The number of ketones is 2. The molecule has 3 rings (SSSR count). The van der Waals surface area contributed by atoms with Crippen LogP contribution in [-0.2, 0) is 0 Å². The average Bonchev–Trinajstić information content (AvgIpc) is 2.94. The van der Waals surface area contributed by atoms with Crippen LogP contribution in [0.5, 0.6) is 0 Å². The summed E-state index contributed by atoms with van der Waals surface area (Å²) in [6.45, 7) is 6.88. The Labute approximate surface area is 291 Å². The van der Waals surface area contributed by atoms with Gasteiger partial charge in [0.2, 0.25) is 0 Å². The number of quaternary nitrogens is 4. The van der Waals surface area contributed by atoms with Gasteiger partial charge in [-0.3, -0.25) is 9.59 Å². The number of carbonyl (C=O) groups is 2. The average molecular weight is 669 g/mol. The first-order valence-electron chi connectivity index (χ1n) is 17.8. The van der Waals surface area contributed by atoms with Gasteiger partial charge in [0.25, 0.3) is 0 Å². The fourth-order valence-corrected chi connectivity index (χ4v) is 6.09. The van der Waals surface area contributed by atoms with Crippen LogP contribution in [-0.4, -0.2) is 166 Å². The summed E-state index contributed by atoms with van der Waals surface area (Å²) in [7, 11) is 26.2. The fraction of sp³-hybridized carbons (Fsp3) is 0.632. The van der Waals surface area contributed by atoms with Crippen molar-refractivity contribution in [1.82, 2.24) is 0 Å². The maximum absolute atomic E-state index is 14.8. The molecule has 0 radical (unpaired) electrons. The third-order valence-electron chi connectivity index (χ3n) is 8.60. The first kappa shape index (κ1) is 39.3. The smallest absolute Gasteiger partial charge is 0.198 e. The molecule has 0 atom stereocenters. The zero-order valence-corrected chi connectivity index (χ0v) is 32.4. The molecule has 2 aromatic carbocycles. The molecule has 268 valence electrons. The van der Waals surface area contributed by atoms with Crippen molar-refractivity contribution < 1.29 is 27.5 Å². The molecule has 0 amide bonds. The van der Waals surface area contributed by atoms with Crippen molar-refractivity contribution in [2.24, 2.45) is 0 Å². The van der Waals surface area contributed by atoms with Crippen LogP contribution in [0.25, 0.3) is 0 Å². The molecule has 0 bridgehead atoms. The third-order valence-corrected chi connectivity index (χ3v) is 8.60. The van der Waals surface area contributed by atoms with E-state index in [0.717, 1.165) is 119 Å². The Morgan fingerprint density at radius 2 is 0.562 bits per heavy atom. The van der Waals surface area contributed by atoms with Gasteiger partial charge in [0.1, 0.15) is 0 Å². The number of hydrogen-bond acceptors (Lipinski definition) is 6. The van der Waals surface area contributed by atoms with E-state index in [2.05, 4.69) is 106 Å². The number of fused-ring (bicyclic) bond motifs is 2. The van der Waals surface area contributed by atoms with Crippen LogP contribution in [0.4, 0.5) is 22.7 Å². The Morgan fingerprint density at radius 3 is 0.729 bits per heavy atom. The van der Waals surface area contributed by atoms with Gasteiger partial charge in [0, 0.05) is 74.6 Å². The minimum absolute atomic E-state index is 0.104. The second-order valence-corrected chi connectivity index (χ2v) is 17.7. The minimum atomic E-state index is -0.104. The van der Waals surface area contributed by atoms with Gasteiger partial charge in [-0.15, -0.1) is 0 Å². The van der Waals surface area contributed by atoms with Gasteiger partial charge in [-0.05, 0) is 24.3 Å². The molecule has 4 N–H and O–H groups in total. The highest BCUT2D eigenvalue weighted by Gasteiger charge is 2.37. The quantitative estimate of drug-likeness (QED) is 0.105. The second kappa shape index (κ2) is 16.0. The van der Waals surface area contributed by atoms with Gasteiger partial charge < -0.3 is 39.2 Å². The van der Waals surface area contributed by atoms with Crippen molar-refractivity contribution in [2.75, 3.05) is 158 Å². The standard InChI is InChI=1S/C38H66N8O2/c1-43(2,3)25-13-21-39-29-17-18-30(40-22-14-26-44(4,5)6)34-33(29)37(47)35-31(41-23-15-27-45(7,8)9)19-20-32(36(35)38(34)48)42-24-16-28-46(10,11)12/h17-20H,13-16,21-28H2,1-12H3,(H2-2,39,40,41,42,47,48)/q+2/p+2. The summed E-state index contributed by atoms with van der Waals surface area (Å²) in [4.78, 5) is 29.6. The van der Waals surface area contributed by atoms with Crippen molar-refractivity contribution in [3.05, 3.63) is 46.5 Å². The molecule has 0 fully saturated rings. The van der Waals surface area contributed by atoms with E-state index < -0.39 is 0 Å². The van der Waals surface area contributed by atoms with Crippen molar-refractivity contribution in [2.45, 2.75) is 25.7 Å². The van der Waals surface area contributed by atoms with Crippen molar-refractivity contribution >= 4 is 34.3 Å². The predicted octanol–water partition coefficient (Wildman–Crippen LogP) is 4.49. The molecule has 1 aliphatic carbocycles. The first-order chi connectivity index (χ1) is 22.2. The summed E-state index contributed by atoms with van der Waals surface area (Å²) < 4.78 is 3.48. The van der Waals surface area contributed by atoms with Crippen molar-refractivity contribution in [1.29, 1.82) is 0 Å². The zero-order chi connectivity index (χ0) is 35.9. The van der Waals surface area contributed by atoms with Gasteiger partial charge >= 0.3 is 0 Å². The molecule has 0 heterocycles. The highest BCUT2D eigenvalue weighted by atomic mass is 16.1. The molecule has 0 aromatic heterocycles. The van der Waals surface area contributed by atoms with Crippen molar-refractivity contribution in [3.8, 4) is 0 Å². The van der Waals surface area contributed by atoms with Crippen LogP contribution in [0, 0.1) is 0 Å². The molecular formula is C38H68N8O2+4. The minimum Gasteiger partial charge on any atom is -0.384 e. The van der Waals surface area contributed by atoms with Gasteiger partial charge in [-0.1, -0.05) is 0 Å². The lowest BCUT2D eigenvalue weighted by Gasteiger charge is -2.29. The van der Waals surface area contributed by atoms with E-state index in [4.69, 9.17) is 0 Å². The lowest BCUT2D eigenvalue weighted by Crippen LogP contribution is -2.36. The van der Waals surface area contributed by atoms with Gasteiger partial charge in [-0.2, -0.15) is 0 Å². The molecule has 0 unspecified atom stereocenters. The molecule has 10 nitrogen and oxygen atoms in total. The number of carbonyl (C=O) groups excluding carboxylic acids is 2. The highest BCUT2D eigenvalue weighted by molar-refractivity contribution is 6.35. The summed E-state index contributed by atoms with van der Waals surface area (Å²) in [6, 6.07) is 7.91. The van der Waals surface area contributed by atoms with Gasteiger partial charge in [0.15, 0.2) is 11.6 Å². The van der Waals surface area contributed by atoms with E-state index in [-0.39, 0.29) is 11.6 Å². The van der Waals surface area contributed by atoms with Crippen LogP contribution >= 0.6 is 0 Å². The summed E-state index contributed by atoms with van der Waals surface area (Å²) in [5.41, 5.74) is 4.82. The normalized spacial score (nSPS) is 13.7. The van der Waals surface area contributed by atoms with Crippen LogP contribution < -0.4 is 21.3 Å². The lowest BCUT2D eigenvalue weighted by atomic mass is 9.80. The number of anilines is 4. The molecule has 1 aliphatic rings. The van der Waals surface area contributed by atoms with Gasteiger partial charge in [-0.25, -0.2) is 0 Å². The molecule has 0 spiro atoms. The Bertz CT molecular complexity index is 1200. The number of rotatable bonds is 20. The third kappa shape index (κ3) is 12.1. The zero-order valence-electron chi connectivity index (χ0n) is 32.4. The monoisotopic (exact) mass is 669 g/mol. The van der Waals surface area contributed by atoms with E-state index in [1.165, 1.54) is 0 Å². The Morgan fingerprint density at radius 1 is 0.375 bits per heavy atom. The Balaban J connectivity index is 2.06. The summed E-state index contributed by atoms with van der Waals surface area (Å²) in [5, 5.41) is 14.2. The van der Waals surface area contributed by atoms with E-state index in [1.807, 2.05) is 24.3 Å². The molecular weight excluding hydrogens is 600 g/mol. The summed E-state index contributed by atoms with van der Waals surface area (Å²) >= 11 is 0. The molecule has 0 saturated carbocycles. The number of nitrogens with one attached hydrogen (secondary N) is 4. The number of nitrogens with zero attached hydrogens (tertiary/aromatic N) is 4. The first-order valence-corrected chi connectivity index (χ1v) is 17.8. The molecule has 0 saturated heterocycles. The topological polar surface area (TPSA) is 82.3 Å². The van der Waals surface area contributed by atoms with Crippen LogP contribution in [0.3, 0.4) is 0 Å². The molecule has 2 aromatic rings. The maximum atomic E-state index is 14.8. The van der Waals surface area contributed by atoms with Crippen LogP contribution in [0.2, 0.25) is 0 Å². The fourth-order valence-electron chi connectivity index (χ4n) is 6.09.